The third-order valence-corrected chi connectivity index (χ3v) is 1.50. The van der Waals surface area contributed by atoms with Crippen LogP contribution in [-0.4, -0.2) is 23.4 Å². The van der Waals surface area contributed by atoms with E-state index in [-0.39, 0.29) is 0 Å². The summed E-state index contributed by atoms with van der Waals surface area (Å²) in [4.78, 5) is 20.7. The summed E-state index contributed by atoms with van der Waals surface area (Å²) in [5.74, 6) is -1.18. The van der Waals surface area contributed by atoms with Gasteiger partial charge in [-0.1, -0.05) is 18.2 Å². The van der Waals surface area contributed by atoms with Gasteiger partial charge in [-0.25, -0.2) is 4.79 Å². The Morgan fingerprint density at radius 1 is 1.38 bits per heavy atom. The van der Waals surface area contributed by atoms with E-state index in [1.165, 1.54) is 0 Å². The molecule has 1 aromatic carbocycles. The van der Waals surface area contributed by atoms with E-state index in [1.54, 1.807) is 24.3 Å². The van der Waals surface area contributed by atoms with Gasteiger partial charge in [-0.3, -0.25) is 0 Å². The molecule has 0 spiro atoms. The number of rotatable bonds is 4. The van der Waals surface area contributed by atoms with E-state index in [1.807, 2.05) is 6.07 Å². The number of para-hydroxylation sites is 1. The normalized spacial score (nSPS) is 11.7. The molecule has 0 amide bonds. The van der Waals surface area contributed by atoms with Crippen LogP contribution in [0.15, 0.2) is 30.3 Å². The molecule has 0 heterocycles. The molecule has 1 atom stereocenters. The van der Waals surface area contributed by atoms with Crippen LogP contribution >= 0.6 is 0 Å². The summed E-state index contributed by atoms with van der Waals surface area (Å²) >= 11 is 0. The quantitative estimate of drug-likeness (QED) is 0.528. The Morgan fingerprint density at radius 3 is 2.46 bits per heavy atom. The van der Waals surface area contributed by atoms with Crippen LogP contribution in [-0.2, 0) is 9.59 Å². The van der Waals surface area contributed by atoms with Crippen LogP contribution in [0.25, 0.3) is 0 Å². The van der Waals surface area contributed by atoms with Gasteiger partial charge in [-0.15, -0.1) is 0 Å². The van der Waals surface area contributed by atoms with Crippen molar-refractivity contribution in [3.05, 3.63) is 30.3 Å². The summed E-state index contributed by atoms with van der Waals surface area (Å²) < 4.78 is 0. The zero-order chi connectivity index (χ0) is 9.68. The van der Waals surface area contributed by atoms with Crippen molar-refractivity contribution in [1.29, 1.82) is 0 Å². The average molecular weight is 179 g/mol. The fraction of sp³-hybridized carbons (Fsp3) is 0.111. The maximum absolute atomic E-state index is 10.4. The molecule has 1 unspecified atom stereocenters. The number of carbonyl (C=O) groups excluding carboxylic acids is 1. The Bertz CT molecular complexity index is 297. The minimum absolute atomic E-state index is 0.356. The van der Waals surface area contributed by atoms with Crippen molar-refractivity contribution >= 4 is 17.9 Å². The number of carbonyl (C=O) groups is 2. The topological polar surface area (TPSA) is 66.4 Å². The van der Waals surface area contributed by atoms with Crippen LogP contribution in [0.3, 0.4) is 0 Å². The van der Waals surface area contributed by atoms with Crippen LogP contribution in [0, 0.1) is 0 Å². The van der Waals surface area contributed by atoms with E-state index in [2.05, 4.69) is 5.32 Å². The van der Waals surface area contributed by atoms with Gasteiger partial charge in [0.25, 0.3) is 0 Å². The Balaban J connectivity index is 2.67. The molecule has 4 nitrogen and oxygen atoms in total. The largest absolute Gasteiger partial charge is 0.479 e. The first-order chi connectivity index (χ1) is 6.24. The first-order valence-corrected chi connectivity index (χ1v) is 3.73. The van der Waals surface area contributed by atoms with E-state index in [4.69, 9.17) is 5.11 Å². The van der Waals surface area contributed by atoms with E-state index >= 15 is 0 Å². The molecule has 0 radical (unpaired) electrons. The van der Waals surface area contributed by atoms with Crippen molar-refractivity contribution in [3.8, 4) is 0 Å². The van der Waals surface area contributed by atoms with E-state index in [0.29, 0.717) is 12.0 Å². The fourth-order valence-electron chi connectivity index (χ4n) is 0.868. The summed E-state index contributed by atoms with van der Waals surface area (Å²) in [5, 5.41) is 11.1. The first-order valence-electron chi connectivity index (χ1n) is 3.73. The van der Waals surface area contributed by atoms with E-state index < -0.39 is 12.0 Å². The number of carboxylic acids is 1. The minimum atomic E-state index is -1.18. The highest BCUT2D eigenvalue weighted by atomic mass is 16.4. The van der Waals surface area contributed by atoms with Crippen LogP contribution in [0.4, 0.5) is 5.69 Å². The monoisotopic (exact) mass is 179 g/mol. The van der Waals surface area contributed by atoms with Gasteiger partial charge in [0.05, 0.1) is 0 Å². The third-order valence-electron chi connectivity index (χ3n) is 1.50. The molecule has 68 valence electrons. The Hall–Kier alpha value is -1.84. The molecule has 1 aromatic rings. The van der Waals surface area contributed by atoms with E-state index in [0.717, 1.165) is 0 Å². The number of anilines is 1. The molecular formula is C9H9NO3. The van der Waals surface area contributed by atoms with Gasteiger partial charge < -0.3 is 15.2 Å². The van der Waals surface area contributed by atoms with Crippen LogP contribution in [0.5, 0.6) is 0 Å². The number of aliphatic carboxylic acids is 1. The third kappa shape index (κ3) is 2.59. The molecular weight excluding hydrogens is 170 g/mol. The zero-order valence-corrected chi connectivity index (χ0v) is 6.81. The first kappa shape index (κ1) is 9.25. The van der Waals surface area contributed by atoms with Gasteiger partial charge in [-0.05, 0) is 12.1 Å². The summed E-state index contributed by atoms with van der Waals surface area (Å²) in [7, 11) is 0. The van der Waals surface area contributed by atoms with Gasteiger partial charge >= 0.3 is 5.97 Å². The van der Waals surface area contributed by atoms with Crippen LogP contribution in [0.2, 0.25) is 0 Å². The smallest absolute Gasteiger partial charge is 0.333 e. The van der Waals surface area contributed by atoms with Crippen LogP contribution in [0.1, 0.15) is 0 Å². The highest BCUT2D eigenvalue weighted by Crippen LogP contribution is 2.05. The molecule has 2 N–H and O–H groups in total. The van der Waals surface area contributed by atoms with E-state index in [9.17, 15) is 9.59 Å². The van der Waals surface area contributed by atoms with Gasteiger partial charge in [-0.2, -0.15) is 0 Å². The maximum Gasteiger partial charge on any atom is 0.333 e. The lowest BCUT2D eigenvalue weighted by atomic mass is 10.2. The van der Waals surface area contributed by atoms with Crippen molar-refractivity contribution in [1.82, 2.24) is 0 Å². The highest BCUT2D eigenvalue weighted by molar-refractivity contribution is 5.94. The predicted octanol–water partition coefficient (Wildman–Crippen LogP) is 0.751. The molecule has 13 heavy (non-hydrogen) atoms. The molecule has 0 saturated carbocycles. The lowest BCUT2D eigenvalue weighted by Crippen LogP contribution is -2.30. The summed E-state index contributed by atoms with van der Waals surface area (Å²) in [6, 6.07) is 7.53. The van der Waals surface area contributed by atoms with Crippen molar-refractivity contribution in [2.75, 3.05) is 5.32 Å². The second-order valence-electron chi connectivity index (χ2n) is 2.46. The Kier molecular flexibility index (Phi) is 3.03. The molecule has 0 aliphatic heterocycles. The molecule has 0 fully saturated rings. The second-order valence-corrected chi connectivity index (χ2v) is 2.46. The predicted molar refractivity (Wildman–Crippen MR) is 47.6 cm³/mol. The number of nitrogens with one attached hydrogen (secondary N) is 1. The van der Waals surface area contributed by atoms with Crippen molar-refractivity contribution in [2.45, 2.75) is 6.04 Å². The highest BCUT2D eigenvalue weighted by Gasteiger charge is 2.14. The molecule has 0 aliphatic rings. The Labute approximate surface area is 75.2 Å². The van der Waals surface area contributed by atoms with Gasteiger partial charge in [0, 0.05) is 5.69 Å². The Morgan fingerprint density at radius 2 is 2.00 bits per heavy atom. The summed E-state index contributed by atoms with van der Waals surface area (Å²) in [6.07, 6.45) is 0.356. The molecule has 0 aromatic heterocycles. The van der Waals surface area contributed by atoms with Crippen molar-refractivity contribution in [2.24, 2.45) is 0 Å². The van der Waals surface area contributed by atoms with Gasteiger partial charge in [0.15, 0.2) is 12.3 Å². The lowest BCUT2D eigenvalue weighted by molar-refractivity contribution is -0.139. The van der Waals surface area contributed by atoms with Crippen molar-refractivity contribution in [3.63, 3.8) is 0 Å². The van der Waals surface area contributed by atoms with Crippen molar-refractivity contribution < 1.29 is 14.7 Å². The number of hydrogen-bond acceptors (Lipinski definition) is 3. The molecule has 0 saturated heterocycles. The molecule has 0 bridgehead atoms. The standard InChI is InChI=1S/C9H9NO3/c11-6-8(9(12)13)10-7-4-2-1-3-5-7/h1-6,8,10H,(H,12,13). The summed E-state index contributed by atoms with van der Waals surface area (Å²) in [6.45, 7) is 0. The number of aldehydes is 1. The molecule has 1 rings (SSSR count). The molecule has 0 aliphatic carbocycles. The second kappa shape index (κ2) is 4.25. The maximum atomic E-state index is 10.4. The molecule has 4 heteroatoms. The number of hydrogen-bond donors (Lipinski definition) is 2. The van der Waals surface area contributed by atoms with Gasteiger partial charge in [0.1, 0.15) is 0 Å². The zero-order valence-electron chi connectivity index (χ0n) is 6.81. The SMILES string of the molecule is O=CC(Nc1ccccc1)C(=O)O. The average Bonchev–Trinajstić information content (AvgIpc) is 2.15. The lowest BCUT2D eigenvalue weighted by Gasteiger charge is -2.08. The summed E-state index contributed by atoms with van der Waals surface area (Å²) in [5.41, 5.74) is 0.613. The fourth-order valence-corrected chi connectivity index (χ4v) is 0.868. The van der Waals surface area contributed by atoms with Gasteiger partial charge in [0.2, 0.25) is 0 Å². The number of carboxylic acid groups (broad SMARTS) is 1. The van der Waals surface area contributed by atoms with Crippen LogP contribution < -0.4 is 5.32 Å². The minimum Gasteiger partial charge on any atom is -0.479 e. The number of benzene rings is 1.